The summed E-state index contributed by atoms with van der Waals surface area (Å²) in [5.41, 5.74) is 0. The predicted octanol–water partition coefficient (Wildman–Crippen LogP) is 2.07. The molecule has 0 bridgehead atoms. The van der Waals surface area contributed by atoms with E-state index in [9.17, 15) is 4.79 Å². The molecule has 0 aromatic carbocycles. The van der Waals surface area contributed by atoms with Crippen LogP contribution in [-0.2, 0) is 9.53 Å². The Bertz CT molecular complexity index is 172. The second-order valence-corrected chi connectivity index (χ2v) is 4.81. The molecule has 70 valence electrons. The summed E-state index contributed by atoms with van der Waals surface area (Å²) >= 11 is 1.36. The first kappa shape index (κ1) is 11.5. The average Bonchev–Trinajstić information content (AvgIpc) is 1.84. The van der Waals surface area contributed by atoms with E-state index in [0.717, 1.165) is 0 Å². The minimum atomic E-state index is -0.380. The second kappa shape index (κ2) is 5.19. The van der Waals surface area contributed by atoms with Crippen molar-refractivity contribution < 1.29 is 9.53 Å². The molecule has 0 spiro atoms. The summed E-state index contributed by atoms with van der Waals surface area (Å²) in [6.07, 6.45) is 1.21. The van der Waals surface area contributed by atoms with E-state index in [2.05, 4.69) is 9.13 Å². The van der Waals surface area contributed by atoms with Gasteiger partial charge in [0.1, 0.15) is 6.21 Å². The maximum Gasteiger partial charge on any atom is 0.350 e. The van der Waals surface area contributed by atoms with Crippen molar-refractivity contribution in [1.29, 1.82) is 0 Å². The molecular formula is C8H15NO2S. The predicted molar refractivity (Wildman–Crippen MR) is 52.5 cm³/mol. The highest BCUT2D eigenvalue weighted by molar-refractivity contribution is 7.99. The van der Waals surface area contributed by atoms with E-state index < -0.39 is 0 Å². The molecule has 0 amide bonds. The zero-order valence-electron chi connectivity index (χ0n) is 7.96. The molecule has 0 aliphatic carbocycles. The summed E-state index contributed by atoms with van der Waals surface area (Å²) in [5.74, 6) is -0.380. The number of ether oxygens (including phenoxy) is 1. The SMILES string of the molecule is CCOC(=O)/C=N/SC(C)(C)C. The summed E-state index contributed by atoms with van der Waals surface area (Å²) in [6, 6.07) is 0. The van der Waals surface area contributed by atoms with Crippen LogP contribution in [0.3, 0.4) is 0 Å². The first-order valence-electron chi connectivity index (χ1n) is 3.84. The van der Waals surface area contributed by atoms with Crippen LogP contribution >= 0.6 is 11.9 Å². The van der Waals surface area contributed by atoms with Crippen LogP contribution in [0.4, 0.5) is 0 Å². The van der Waals surface area contributed by atoms with Gasteiger partial charge in [0.05, 0.1) is 6.61 Å². The smallest absolute Gasteiger partial charge is 0.350 e. The Morgan fingerprint density at radius 1 is 1.58 bits per heavy atom. The normalized spacial score (nSPS) is 12.0. The van der Waals surface area contributed by atoms with Crippen LogP contribution in [0, 0.1) is 0 Å². The first-order valence-corrected chi connectivity index (χ1v) is 4.61. The number of nitrogens with zero attached hydrogens (tertiary/aromatic N) is 1. The molecule has 3 nitrogen and oxygen atoms in total. The third-order valence-corrected chi connectivity index (χ3v) is 1.53. The van der Waals surface area contributed by atoms with E-state index in [1.54, 1.807) is 6.92 Å². The van der Waals surface area contributed by atoms with Crippen LogP contribution < -0.4 is 0 Å². The quantitative estimate of drug-likeness (QED) is 0.387. The van der Waals surface area contributed by atoms with Gasteiger partial charge in [-0.05, 0) is 39.6 Å². The molecule has 0 aromatic heterocycles. The topological polar surface area (TPSA) is 38.7 Å². The second-order valence-electron chi connectivity index (χ2n) is 3.19. The lowest BCUT2D eigenvalue weighted by atomic mass is 10.3. The van der Waals surface area contributed by atoms with Crippen molar-refractivity contribution in [2.75, 3.05) is 6.61 Å². The van der Waals surface area contributed by atoms with Gasteiger partial charge in [0.15, 0.2) is 0 Å². The lowest BCUT2D eigenvalue weighted by molar-refractivity contribution is -0.134. The van der Waals surface area contributed by atoms with E-state index in [0.29, 0.717) is 6.61 Å². The van der Waals surface area contributed by atoms with Crippen LogP contribution in [0.5, 0.6) is 0 Å². The summed E-state index contributed by atoms with van der Waals surface area (Å²) < 4.78 is 8.58. The molecule has 0 saturated carbocycles. The van der Waals surface area contributed by atoms with E-state index >= 15 is 0 Å². The number of hydrogen-bond donors (Lipinski definition) is 0. The van der Waals surface area contributed by atoms with Gasteiger partial charge < -0.3 is 4.74 Å². The molecule has 0 aliphatic rings. The van der Waals surface area contributed by atoms with Crippen LogP contribution in [0.15, 0.2) is 4.40 Å². The number of carbonyl (C=O) groups excluding carboxylic acids is 1. The fourth-order valence-corrected chi connectivity index (χ4v) is 0.862. The fraction of sp³-hybridized carbons (Fsp3) is 0.750. The highest BCUT2D eigenvalue weighted by Gasteiger charge is 2.09. The van der Waals surface area contributed by atoms with Gasteiger partial charge in [0, 0.05) is 4.75 Å². The molecule has 0 saturated heterocycles. The minimum absolute atomic E-state index is 0.0446. The summed E-state index contributed by atoms with van der Waals surface area (Å²) in [7, 11) is 0. The van der Waals surface area contributed by atoms with Gasteiger partial charge in [0.2, 0.25) is 0 Å². The minimum Gasteiger partial charge on any atom is -0.462 e. The lowest BCUT2D eigenvalue weighted by Gasteiger charge is -2.11. The van der Waals surface area contributed by atoms with Crippen molar-refractivity contribution in [1.82, 2.24) is 0 Å². The van der Waals surface area contributed by atoms with Crippen molar-refractivity contribution in [3.8, 4) is 0 Å². The highest BCUT2D eigenvalue weighted by atomic mass is 32.2. The van der Waals surface area contributed by atoms with Crippen molar-refractivity contribution >= 4 is 24.1 Å². The molecule has 0 aromatic rings. The van der Waals surface area contributed by atoms with Gasteiger partial charge in [-0.15, -0.1) is 0 Å². The molecule has 0 heterocycles. The van der Waals surface area contributed by atoms with Gasteiger partial charge in [-0.3, -0.25) is 0 Å². The molecule has 0 rings (SSSR count). The van der Waals surface area contributed by atoms with Gasteiger partial charge in [0.25, 0.3) is 0 Å². The third-order valence-electron chi connectivity index (χ3n) is 0.771. The van der Waals surface area contributed by atoms with E-state index in [-0.39, 0.29) is 10.7 Å². The number of rotatable bonds is 3. The van der Waals surface area contributed by atoms with Crippen molar-refractivity contribution in [3.05, 3.63) is 0 Å². The Hall–Kier alpha value is -0.510. The van der Waals surface area contributed by atoms with Crippen molar-refractivity contribution in [2.24, 2.45) is 4.40 Å². The number of carbonyl (C=O) groups is 1. The van der Waals surface area contributed by atoms with Crippen LogP contribution in [0.25, 0.3) is 0 Å². The van der Waals surface area contributed by atoms with E-state index in [4.69, 9.17) is 0 Å². The molecule has 12 heavy (non-hydrogen) atoms. The maximum absolute atomic E-state index is 10.7. The summed E-state index contributed by atoms with van der Waals surface area (Å²) in [6.45, 7) is 8.24. The molecule has 0 atom stereocenters. The Labute approximate surface area is 77.7 Å². The molecular weight excluding hydrogens is 174 g/mol. The lowest BCUT2D eigenvalue weighted by Crippen LogP contribution is -2.07. The maximum atomic E-state index is 10.7. The van der Waals surface area contributed by atoms with Gasteiger partial charge in [-0.1, -0.05) is 0 Å². The molecule has 0 fully saturated rings. The third kappa shape index (κ3) is 7.60. The van der Waals surface area contributed by atoms with Gasteiger partial charge >= 0.3 is 5.97 Å². The van der Waals surface area contributed by atoms with Gasteiger partial charge in [-0.2, -0.15) is 0 Å². The Morgan fingerprint density at radius 3 is 2.58 bits per heavy atom. The van der Waals surface area contributed by atoms with Gasteiger partial charge in [-0.25, -0.2) is 9.19 Å². The standard InChI is InChI=1S/C8H15NO2S/c1-5-11-7(10)6-9-12-8(2,3)4/h6H,5H2,1-4H3/b9-6+. The zero-order valence-corrected chi connectivity index (χ0v) is 8.77. The van der Waals surface area contributed by atoms with Crippen LogP contribution in [0.1, 0.15) is 27.7 Å². The summed E-state index contributed by atoms with van der Waals surface area (Å²) in [5, 5.41) is 0. The van der Waals surface area contributed by atoms with Crippen molar-refractivity contribution in [3.63, 3.8) is 0 Å². The Balaban J connectivity index is 3.69. The fourth-order valence-electron chi connectivity index (χ4n) is 0.407. The average molecular weight is 189 g/mol. The van der Waals surface area contributed by atoms with Crippen LogP contribution in [0.2, 0.25) is 0 Å². The summed E-state index contributed by atoms with van der Waals surface area (Å²) in [4.78, 5) is 10.7. The highest BCUT2D eigenvalue weighted by Crippen LogP contribution is 2.23. The monoisotopic (exact) mass is 189 g/mol. The Morgan fingerprint density at radius 2 is 2.17 bits per heavy atom. The largest absolute Gasteiger partial charge is 0.462 e. The molecule has 0 radical (unpaired) electrons. The van der Waals surface area contributed by atoms with Crippen molar-refractivity contribution in [2.45, 2.75) is 32.4 Å². The first-order chi connectivity index (χ1) is 5.45. The van der Waals surface area contributed by atoms with E-state index in [1.165, 1.54) is 18.2 Å². The number of esters is 1. The van der Waals surface area contributed by atoms with Crippen LogP contribution in [-0.4, -0.2) is 23.5 Å². The molecule has 0 N–H and O–H groups in total. The molecule has 0 aliphatic heterocycles. The Kier molecular flexibility index (Phi) is 4.97. The van der Waals surface area contributed by atoms with E-state index in [1.807, 2.05) is 20.8 Å². The zero-order chi connectivity index (χ0) is 9.61. The molecule has 0 unspecified atom stereocenters. The molecule has 4 heteroatoms. The number of hydrogen-bond acceptors (Lipinski definition) is 4.